The average molecular weight is 413 g/mol. The molecule has 1 atom stereocenters. The normalized spacial score (nSPS) is 26.1. The van der Waals surface area contributed by atoms with E-state index in [4.69, 9.17) is 14.5 Å². The number of ether oxygens (including phenoxy) is 2. The van der Waals surface area contributed by atoms with E-state index in [-0.39, 0.29) is 0 Å². The van der Waals surface area contributed by atoms with E-state index >= 15 is 0 Å². The van der Waals surface area contributed by atoms with Gasteiger partial charge in [0.25, 0.3) is 0 Å². The lowest BCUT2D eigenvalue weighted by atomic mass is 9.95. The van der Waals surface area contributed by atoms with Crippen LogP contribution in [0.15, 0.2) is 4.99 Å². The molecule has 2 saturated heterocycles. The summed E-state index contributed by atoms with van der Waals surface area (Å²) >= 11 is 2.10. The summed E-state index contributed by atoms with van der Waals surface area (Å²) in [6.45, 7) is 10.9. The Morgan fingerprint density at radius 3 is 2.68 bits per heavy atom. The van der Waals surface area contributed by atoms with Crippen LogP contribution in [0.5, 0.6) is 0 Å². The van der Waals surface area contributed by atoms with Crippen LogP contribution in [-0.4, -0.2) is 99.0 Å². The summed E-state index contributed by atoms with van der Waals surface area (Å²) in [7, 11) is 1.72. The molecule has 3 rings (SSSR count). The molecule has 0 bridgehead atoms. The maximum atomic E-state index is 5.76. The van der Waals surface area contributed by atoms with Crippen LogP contribution in [0.25, 0.3) is 0 Å². The van der Waals surface area contributed by atoms with Gasteiger partial charge in [-0.2, -0.15) is 11.8 Å². The van der Waals surface area contributed by atoms with Crippen LogP contribution in [0, 0.1) is 5.92 Å². The minimum Gasteiger partial charge on any atom is -0.382 e. The van der Waals surface area contributed by atoms with Crippen molar-refractivity contribution in [3.05, 3.63) is 0 Å². The molecule has 1 unspecified atom stereocenters. The Bertz CT molecular complexity index is 479. The number of rotatable bonds is 9. The van der Waals surface area contributed by atoms with E-state index in [9.17, 15) is 0 Å². The van der Waals surface area contributed by atoms with Gasteiger partial charge in [0.15, 0.2) is 5.96 Å². The van der Waals surface area contributed by atoms with Crippen molar-refractivity contribution in [1.29, 1.82) is 0 Å². The Balaban J connectivity index is 1.57. The second kappa shape index (κ2) is 11.6. The van der Waals surface area contributed by atoms with Crippen LogP contribution in [0.3, 0.4) is 0 Å². The molecule has 0 aromatic carbocycles. The van der Waals surface area contributed by atoms with Gasteiger partial charge in [0.1, 0.15) is 0 Å². The molecule has 28 heavy (non-hydrogen) atoms. The molecule has 7 heteroatoms. The van der Waals surface area contributed by atoms with Gasteiger partial charge in [-0.3, -0.25) is 9.89 Å². The van der Waals surface area contributed by atoms with Gasteiger partial charge in [-0.25, -0.2) is 0 Å². The molecule has 3 fully saturated rings. The van der Waals surface area contributed by atoms with Crippen LogP contribution in [0.1, 0.15) is 39.0 Å². The zero-order chi connectivity index (χ0) is 19.7. The van der Waals surface area contributed by atoms with Gasteiger partial charge in [0.2, 0.25) is 0 Å². The molecule has 0 aromatic rings. The van der Waals surface area contributed by atoms with E-state index in [1.54, 1.807) is 7.11 Å². The molecule has 3 aliphatic rings. The van der Waals surface area contributed by atoms with E-state index in [1.165, 1.54) is 56.7 Å². The maximum Gasteiger partial charge on any atom is 0.193 e. The van der Waals surface area contributed by atoms with Gasteiger partial charge in [-0.1, -0.05) is 12.8 Å². The van der Waals surface area contributed by atoms with Gasteiger partial charge in [0.05, 0.1) is 26.4 Å². The lowest BCUT2D eigenvalue weighted by molar-refractivity contribution is 0.0536. The topological polar surface area (TPSA) is 49.3 Å². The van der Waals surface area contributed by atoms with Crippen LogP contribution in [0.2, 0.25) is 0 Å². The summed E-state index contributed by atoms with van der Waals surface area (Å²) < 4.78 is 10.8. The SMILES string of the molecule is CCNC(=NCC1(N2CCSCC2)CCCC1)N1CCC(COCCOC)C1. The summed E-state index contributed by atoms with van der Waals surface area (Å²) in [5.41, 5.74) is 0.310. The Morgan fingerprint density at radius 1 is 1.18 bits per heavy atom. The molecule has 2 heterocycles. The third-order valence-corrected chi connectivity index (χ3v) is 7.39. The molecule has 1 aliphatic carbocycles. The number of guanidine groups is 1. The van der Waals surface area contributed by atoms with Crippen molar-refractivity contribution >= 4 is 17.7 Å². The Kier molecular flexibility index (Phi) is 9.21. The zero-order valence-electron chi connectivity index (χ0n) is 18.0. The minimum absolute atomic E-state index is 0.310. The van der Waals surface area contributed by atoms with E-state index in [0.717, 1.165) is 38.7 Å². The summed E-state index contributed by atoms with van der Waals surface area (Å²) in [6.07, 6.45) is 6.54. The Hall–Kier alpha value is -0.500. The lowest BCUT2D eigenvalue weighted by Gasteiger charge is -2.42. The summed E-state index contributed by atoms with van der Waals surface area (Å²) in [5.74, 6) is 4.27. The van der Waals surface area contributed by atoms with Crippen LogP contribution in [0.4, 0.5) is 0 Å². The first-order valence-electron chi connectivity index (χ1n) is 11.2. The molecule has 0 aromatic heterocycles. The second-order valence-corrected chi connectivity index (χ2v) is 9.59. The summed E-state index contributed by atoms with van der Waals surface area (Å²) in [5, 5.41) is 3.56. The van der Waals surface area contributed by atoms with Crippen molar-refractivity contribution in [3.8, 4) is 0 Å². The van der Waals surface area contributed by atoms with Crippen LogP contribution >= 0.6 is 11.8 Å². The number of aliphatic imine (C=N–C) groups is 1. The molecule has 0 spiro atoms. The molecule has 162 valence electrons. The highest BCUT2D eigenvalue weighted by Crippen LogP contribution is 2.37. The van der Waals surface area contributed by atoms with E-state index in [0.29, 0.717) is 24.7 Å². The minimum atomic E-state index is 0.310. The van der Waals surface area contributed by atoms with Crippen molar-refractivity contribution in [2.24, 2.45) is 10.9 Å². The average Bonchev–Trinajstić information content (AvgIpc) is 3.40. The predicted molar refractivity (Wildman–Crippen MR) is 118 cm³/mol. The maximum absolute atomic E-state index is 5.76. The summed E-state index contributed by atoms with van der Waals surface area (Å²) in [4.78, 5) is 10.4. The zero-order valence-corrected chi connectivity index (χ0v) is 18.8. The summed E-state index contributed by atoms with van der Waals surface area (Å²) in [6, 6.07) is 0. The number of nitrogens with zero attached hydrogens (tertiary/aromatic N) is 3. The van der Waals surface area contributed by atoms with Gasteiger partial charge in [0, 0.05) is 62.8 Å². The molecule has 1 N–H and O–H groups in total. The first-order valence-corrected chi connectivity index (χ1v) is 12.4. The van der Waals surface area contributed by atoms with Gasteiger partial charge in [-0.05, 0) is 26.2 Å². The van der Waals surface area contributed by atoms with E-state index < -0.39 is 0 Å². The molecular formula is C21H40N4O2S. The third kappa shape index (κ3) is 6.00. The fourth-order valence-electron chi connectivity index (χ4n) is 4.85. The Labute approximate surface area is 175 Å². The quantitative estimate of drug-likeness (QED) is 0.356. The van der Waals surface area contributed by atoms with Crippen LogP contribution in [-0.2, 0) is 9.47 Å². The highest BCUT2D eigenvalue weighted by atomic mass is 32.2. The number of nitrogens with one attached hydrogen (secondary N) is 1. The highest BCUT2D eigenvalue weighted by Gasteiger charge is 2.40. The Morgan fingerprint density at radius 2 is 1.96 bits per heavy atom. The molecular weight excluding hydrogens is 372 g/mol. The number of hydrogen-bond donors (Lipinski definition) is 1. The van der Waals surface area contributed by atoms with Crippen molar-refractivity contribution in [2.45, 2.75) is 44.6 Å². The smallest absolute Gasteiger partial charge is 0.193 e. The van der Waals surface area contributed by atoms with Gasteiger partial charge in [-0.15, -0.1) is 0 Å². The van der Waals surface area contributed by atoms with E-state index in [1.807, 2.05) is 0 Å². The van der Waals surface area contributed by atoms with Gasteiger partial charge < -0.3 is 19.7 Å². The fraction of sp³-hybridized carbons (Fsp3) is 0.952. The van der Waals surface area contributed by atoms with Gasteiger partial charge >= 0.3 is 0 Å². The number of likely N-dealkylation sites (tertiary alicyclic amines) is 1. The first-order chi connectivity index (χ1) is 13.8. The van der Waals surface area contributed by atoms with Crippen molar-refractivity contribution < 1.29 is 9.47 Å². The fourth-order valence-corrected chi connectivity index (χ4v) is 5.75. The molecule has 6 nitrogen and oxygen atoms in total. The molecule has 0 amide bonds. The first kappa shape index (κ1) is 22.2. The van der Waals surface area contributed by atoms with Crippen LogP contribution < -0.4 is 5.32 Å². The largest absolute Gasteiger partial charge is 0.382 e. The standard InChI is InChI=1S/C21H40N4O2S/c1-3-22-20(24-9-6-19(16-24)17-27-13-12-26-2)23-18-21(7-4-5-8-21)25-10-14-28-15-11-25/h19H,3-18H2,1-2H3,(H,22,23). The van der Waals surface area contributed by atoms with Crippen molar-refractivity contribution in [2.75, 3.05) is 77.7 Å². The number of hydrogen-bond acceptors (Lipinski definition) is 5. The molecule has 1 saturated carbocycles. The highest BCUT2D eigenvalue weighted by molar-refractivity contribution is 7.99. The lowest BCUT2D eigenvalue weighted by Crippen LogP contribution is -2.53. The second-order valence-electron chi connectivity index (χ2n) is 8.37. The number of thioether (sulfide) groups is 1. The van der Waals surface area contributed by atoms with Crippen molar-refractivity contribution in [1.82, 2.24) is 15.1 Å². The molecule has 0 radical (unpaired) electrons. The third-order valence-electron chi connectivity index (χ3n) is 6.44. The van der Waals surface area contributed by atoms with Crippen molar-refractivity contribution in [3.63, 3.8) is 0 Å². The number of methoxy groups -OCH3 is 1. The monoisotopic (exact) mass is 412 g/mol. The van der Waals surface area contributed by atoms with E-state index in [2.05, 4.69) is 33.8 Å². The molecule has 2 aliphatic heterocycles. The predicted octanol–water partition coefficient (Wildman–Crippen LogP) is 2.30.